The van der Waals surface area contributed by atoms with Crippen LogP contribution in [0.3, 0.4) is 0 Å². The van der Waals surface area contributed by atoms with Crippen LogP contribution in [0.1, 0.15) is 18.4 Å². The summed E-state index contributed by atoms with van der Waals surface area (Å²) in [6.45, 7) is 1.81. The molecule has 1 aromatic carbocycles. The van der Waals surface area contributed by atoms with Gasteiger partial charge in [0.25, 0.3) is 0 Å². The third-order valence-corrected chi connectivity index (χ3v) is 2.60. The molecule has 1 aliphatic heterocycles. The molecule has 1 saturated heterocycles. The van der Waals surface area contributed by atoms with Gasteiger partial charge in [-0.2, -0.15) is 5.26 Å². The van der Waals surface area contributed by atoms with Crippen LogP contribution in [0.4, 0.5) is 0 Å². The van der Waals surface area contributed by atoms with Gasteiger partial charge >= 0.3 is 0 Å². The summed E-state index contributed by atoms with van der Waals surface area (Å²) in [6, 6.07) is 9.80. The van der Waals surface area contributed by atoms with Crippen molar-refractivity contribution >= 4 is 0 Å². The van der Waals surface area contributed by atoms with Crippen LogP contribution in [0.5, 0.6) is 5.75 Å². The monoisotopic (exact) mass is 202 g/mol. The Morgan fingerprint density at radius 3 is 2.80 bits per heavy atom. The zero-order valence-corrected chi connectivity index (χ0v) is 8.57. The molecule has 3 heteroatoms. The van der Waals surface area contributed by atoms with Crippen LogP contribution in [0.2, 0.25) is 0 Å². The molecule has 1 fully saturated rings. The number of hydrogen-bond acceptors (Lipinski definition) is 3. The minimum atomic E-state index is 0.487. The number of nitriles is 1. The van der Waals surface area contributed by atoms with E-state index in [-0.39, 0.29) is 0 Å². The number of nitrogens with one attached hydrogen (secondary N) is 1. The molecule has 1 atom stereocenters. The van der Waals surface area contributed by atoms with Gasteiger partial charge in [0.1, 0.15) is 12.4 Å². The lowest BCUT2D eigenvalue weighted by Gasteiger charge is -2.11. The van der Waals surface area contributed by atoms with E-state index in [1.165, 1.54) is 12.8 Å². The zero-order chi connectivity index (χ0) is 10.5. The van der Waals surface area contributed by atoms with Gasteiger partial charge in [-0.15, -0.1) is 0 Å². The minimum absolute atomic E-state index is 0.487. The standard InChI is InChI=1S/C12H14N2O/c13-8-10-3-5-12(6-4-10)15-9-11-2-1-7-14-11/h3-6,11,14H,1-2,7,9H2/t11-/m0/s1. The number of benzene rings is 1. The molecule has 2 rings (SSSR count). The lowest BCUT2D eigenvalue weighted by Crippen LogP contribution is -2.28. The van der Waals surface area contributed by atoms with E-state index in [1.54, 1.807) is 12.1 Å². The SMILES string of the molecule is N#Cc1ccc(OC[C@@H]2CCCN2)cc1. The van der Waals surface area contributed by atoms with Gasteiger partial charge in [-0.25, -0.2) is 0 Å². The average Bonchev–Trinajstić information content (AvgIpc) is 2.80. The molecule has 0 bridgehead atoms. The van der Waals surface area contributed by atoms with Crippen LogP contribution in [0.25, 0.3) is 0 Å². The quantitative estimate of drug-likeness (QED) is 0.811. The molecular weight excluding hydrogens is 188 g/mol. The van der Waals surface area contributed by atoms with Gasteiger partial charge in [0, 0.05) is 6.04 Å². The predicted molar refractivity (Wildman–Crippen MR) is 57.7 cm³/mol. The Morgan fingerprint density at radius 1 is 1.40 bits per heavy atom. The molecule has 0 unspecified atom stereocenters. The van der Waals surface area contributed by atoms with Crippen molar-refractivity contribution in [3.05, 3.63) is 29.8 Å². The third-order valence-electron chi connectivity index (χ3n) is 2.60. The van der Waals surface area contributed by atoms with Gasteiger partial charge in [-0.3, -0.25) is 0 Å². The number of hydrogen-bond donors (Lipinski definition) is 1. The van der Waals surface area contributed by atoms with Crippen molar-refractivity contribution in [2.24, 2.45) is 0 Å². The van der Waals surface area contributed by atoms with Gasteiger partial charge in [-0.05, 0) is 43.7 Å². The third kappa shape index (κ3) is 2.71. The van der Waals surface area contributed by atoms with Crippen molar-refractivity contribution in [2.45, 2.75) is 18.9 Å². The molecule has 15 heavy (non-hydrogen) atoms. The molecule has 0 amide bonds. The molecule has 1 heterocycles. The van der Waals surface area contributed by atoms with E-state index < -0.39 is 0 Å². The highest BCUT2D eigenvalue weighted by atomic mass is 16.5. The molecule has 1 aromatic rings. The molecule has 0 saturated carbocycles. The van der Waals surface area contributed by atoms with E-state index in [1.807, 2.05) is 12.1 Å². The van der Waals surface area contributed by atoms with E-state index in [4.69, 9.17) is 10.00 Å². The van der Waals surface area contributed by atoms with Gasteiger partial charge in [0.15, 0.2) is 0 Å². The number of ether oxygens (including phenoxy) is 1. The van der Waals surface area contributed by atoms with Gasteiger partial charge in [0.05, 0.1) is 11.6 Å². The Labute approximate surface area is 89.7 Å². The van der Waals surface area contributed by atoms with E-state index in [9.17, 15) is 0 Å². The molecule has 3 nitrogen and oxygen atoms in total. The highest BCUT2D eigenvalue weighted by Crippen LogP contribution is 2.13. The molecule has 0 aliphatic carbocycles. The maximum absolute atomic E-state index is 8.63. The zero-order valence-electron chi connectivity index (χ0n) is 8.57. The summed E-state index contributed by atoms with van der Waals surface area (Å²) in [7, 11) is 0. The van der Waals surface area contributed by atoms with Crippen LogP contribution in [0, 0.1) is 11.3 Å². The molecular formula is C12H14N2O. The first-order chi connectivity index (χ1) is 7.38. The van der Waals surface area contributed by atoms with Crippen LogP contribution >= 0.6 is 0 Å². The smallest absolute Gasteiger partial charge is 0.119 e. The van der Waals surface area contributed by atoms with Crippen molar-refractivity contribution in [3.8, 4) is 11.8 Å². The predicted octanol–water partition coefficient (Wildman–Crippen LogP) is 1.69. The number of rotatable bonds is 3. The van der Waals surface area contributed by atoms with Crippen molar-refractivity contribution in [1.82, 2.24) is 5.32 Å². The molecule has 1 N–H and O–H groups in total. The second kappa shape index (κ2) is 4.81. The van der Waals surface area contributed by atoms with Crippen LogP contribution in [-0.2, 0) is 0 Å². The van der Waals surface area contributed by atoms with Gasteiger partial charge in [0.2, 0.25) is 0 Å². The van der Waals surface area contributed by atoms with Gasteiger partial charge < -0.3 is 10.1 Å². The van der Waals surface area contributed by atoms with Crippen LogP contribution < -0.4 is 10.1 Å². The summed E-state index contributed by atoms with van der Waals surface area (Å²) in [4.78, 5) is 0. The first-order valence-corrected chi connectivity index (χ1v) is 5.25. The van der Waals surface area contributed by atoms with Crippen LogP contribution in [0.15, 0.2) is 24.3 Å². The van der Waals surface area contributed by atoms with Gasteiger partial charge in [-0.1, -0.05) is 0 Å². The van der Waals surface area contributed by atoms with E-state index in [0.29, 0.717) is 18.2 Å². The van der Waals surface area contributed by atoms with Crippen molar-refractivity contribution in [1.29, 1.82) is 5.26 Å². The van der Waals surface area contributed by atoms with E-state index >= 15 is 0 Å². The Balaban J connectivity index is 1.85. The summed E-state index contributed by atoms with van der Waals surface area (Å²) in [6.07, 6.45) is 2.43. The summed E-state index contributed by atoms with van der Waals surface area (Å²) < 4.78 is 5.62. The molecule has 0 radical (unpaired) electrons. The van der Waals surface area contributed by atoms with Crippen molar-refractivity contribution in [3.63, 3.8) is 0 Å². The Morgan fingerprint density at radius 2 is 2.20 bits per heavy atom. The first-order valence-electron chi connectivity index (χ1n) is 5.25. The lowest BCUT2D eigenvalue weighted by atomic mass is 10.2. The first kappa shape index (κ1) is 10.0. The average molecular weight is 202 g/mol. The van der Waals surface area contributed by atoms with Crippen molar-refractivity contribution in [2.75, 3.05) is 13.2 Å². The summed E-state index contributed by atoms with van der Waals surface area (Å²) in [5.41, 5.74) is 0.668. The number of nitrogens with zero attached hydrogens (tertiary/aromatic N) is 1. The molecule has 0 spiro atoms. The van der Waals surface area contributed by atoms with Crippen molar-refractivity contribution < 1.29 is 4.74 Å². The summed E-state index contributed by atoms with van der Waals surface area (Å²) in [5.74, 6) is 0.836. The highest BCUT2D eigenvalue weighted by Gasteiger charge is 2.14. The second-order valence-electron chi connectivity index (χ2n) is 3.74. The van der Waals surface area contributed by atoms with Crippen LogP contribution in [-0.4, -0.2) is 19.2 Å². The normalized spacial score (nSPS) is 19.8. The molecule has 78 valence electrons. The fourth-order valence-corrected chi connectivity index (χ4v) is 1.72. The Kier molecular flexibility index (Phi) is 3.21. The maximum Gasteiger partial charge on any atom is 0.119 e. The summed E-state index contributed by atoms with van der Waals surface area (Å²) in [5, 5.41) is 12.0. The molecule has 1 aliphatic rings. The van der Waals surface area contributed by atoms with E-state index in [2.05, 4.69) is 11.4 Å². The highest BCUT2D eigenvalue weighted by molar-refractivity contribution is 5.34. The largest absolute Gasteiger partial charge is 0.492 e. The van der Waals surface area contributed by atoms with E-state index in [0.717, 1.165) is 12.3 Å². The summed E-state index contributed by atoms with van der Waals surface area (Å²) >= 11 is 0. The Hall–Kier alpha value is -1.53. The maximum atomic E-state index is 8.63. The lowest BCUT2D eigenvalue weighted by molar-refractivity contribution is 0.277. The Bertz CT molecular complexity index is 347. The second-order valence-corrected chi connectivity index (χ2v) is 3.74. The fourth-order valence-electron chi connectivity index (χ4n) is 1.72. The topological polar surface area (TPSA) is 45.0 Å². The molecule has 0 aromatic heterocycles. The minimum Gasteiger partial charge on any atom is -0.492 e. The fraction of sp³-hybridized carbons (Fsp3) is 0.417.